The quantitative estimate of drug-likeness (QED) is 0.699. The van der Waals surface area contributed by atoms with Crippen LogP contribution in [0.25, 0.3) is 0 Å². The van der Waals surface area contributed by atoms with Crippen molar-refractivity contribution in [3.8, 4) is 0 Å². The summed E-state index contributed by atoms with van der Waals surface area (Å²) in [6, 6.07) is 9.46. The maximum atomic E-state index is 12.4. The van der Waals surface area contributed by atoms with Gasteiger partial charge in [-0.2, -0.15) is 0 Å². The van der Waals surface area contributed by atoms with Crippen LogP contribution >= 0.6 is 0 Å². The molecule has 2 N–H and O–H groups in total. The Hall–Kier alpha value is -2.16. The number of carbonyl (C=O) groups excluding carboxylic acids is 1. The minimum absolute atomic E-state index is 0.0535. The predicted octanol–water partition coefficient (Wildman–Crippen LogP) is 2.51. The van der Waals surface area contributed by atoms with Crippen LogP contribution in [0.1, 0.15) is 25.5 Å². The summed E-state index contributed by atoms with van der Waals surface area (Å²) >= 11 is 0. The van der Waals surface area contributed by atoms with Crippen LogP contribution in [0.4, 0.5) is 5.69 Å². The monoisotopic (exact) mass is 378 g/mol. The van der Waals surface area contributed by atoms with E-state index in [4.69, 9.17) is 9.15 Å². The fourth-order valence-corrected chi connectivity index (χ4v) is 3.33. The van der Waals surface area contributed by atoms with E-state index < -0.39 is 16.1 Å². The lowest BCUT2D eigenvalue weighted by molar-refractivity contribution is -0.126. The van der Waals surface area contributed by atoms with Gasteiger partial charge in [0.2, 0.25) is 10.0 Å². The van der Waals surface area contributed by atoms with Crippen LogP contribution in [0.5, 0.6) is 0 Å². The van der Waals surface area contributed by atoms with E-state index in [1.807, 2.05) is 0 Å². The Kier molecular flexibility index (Phi) is 5.75. The fraction of sp³-hybridized carbons (Fsp3) is 0.389. The summed E-state index contributed by atoms with van der Waals surface area (Å²) in [5, 5.41) is 2.69. The highest BCUT2D eigenvalue weighted by atomic mass is 32.2. The lowest BCUT2D eigenvalue weighted by Gasteiger charge is -2.14. The van der Waals surface area contributed by atoms with Gasteiger partial charge in [-0.3, -0.25) is 4.79 Å². The first-order chi connectivity index (χ1) is 12.4. The molecule has 3 rings (SSSR count). The van der Waals surface area contributed by atoms with Gasteiger partial charge in [0, 0.05) is 5.69 Å². The number of sulfonamides is 1. The van der Waals surface area contributed by atoms with Crippen molar-refractivity contribution in [3.63, 3.8) is 0 Å². The molecule has 1 fully saturated rings. The third kappa shape index (κ3) is 5.17. The SMILES string of the molecule is CC(OCC1CC1)C(=O)Nc1cccc(S(=O)(=O)NCc2ccco2)c1. The molecule has 1 unspecified atom stereocenters. The van der Waals surface area contributed by atoms with Crippen LogP contribution in [0.2, 0.25) is 0 Å². The number of hydrogen-bond acceptors (Lipinski definition) is 5. The molecule has 0 aliphatic heterocycles. The second-order valence-corrected chi connectivity index (χ2v) is 8.11. The summed E-state index contributed by atoms with van der Waals surface area (Å²) in [6.45, 7) is 2.32. The molecule has 1 aromatic heterocycles. The Morgan fingerprint density at radius 1 is 1.31 bits per heavy atom. The second-order valence-electron chi connectivity index (χ2n) is 6.34. The molecule has 1 atom stereocenters. The number of furan rings is 1. The molecule has 0 spiro atoms. The minimum atomic E-state index is -3.72. The molecular formula is C18H22N2O5S. The standard InChI is InChI=1S/C18H22N2O5S/c1-13(25-12-14-7-8-14)18(21)20-15-4-2-6-17(10-15)26(22,23)19-11-16-5-3-9-24-16/h2-6,9-10,13-14,19H,7-8,11-12H2,1H3,(H,20,21). The summed E-state index contributed by atoms with van der Waals surface area (Å²) < 4.78 is 37.9. The average molecular weight is 378 g/mol. The number of rotatable bonds is 9. The van der Waals surface area contributed by atoms with E-state index in [1.165, 1.54) is 18.4 Å². The van der Waals surface area contributed by atoms with E-state index in [2.05, 4.69) is 10.0 Å². The summed E-state index contributed by atoms with van der Waals surface area (Å²) in [7, 11) is -3.72. The normalized spacial score (nSPS) is 15.6. The van der Waals surface area contributed by atoms with Crippen molar-refractivity contribution in [2.24, 2.45) is 5.92 Å². The van der Waals surface area contributed by atoms with Gasteiger partial charge in [-0.05, 0) is 56.0 Å². The maximum Gasteiger partial charge on any atom is 0.253 e. The molecule has 1 aromatic carbocycles. The summed E-state index contributed by atoms with van der Waals surface area (Å²) in [6.07, 6.45) is 3.19. The zero-order chi connectivity index (χ0) is 18.6. The van der Waals surface area contributed by atoms with Crippen LogP contribution in [0.15, 0.2) is 52.0 Å². The topological polar surface area (TPSA) is 97.6 Å². The Labute approximate surface area is 152 Å². The third-order valence-corrected chi connectivity index (χ3v) is 5.48. The molecule has 1 saturated carbocycles. The van der Waals surface area contributed by atoms with E-state index in [0.717, 1.165) is 12.8 Å². The van der Waals surface area contributed by atoms with Crippen molar-refractivity contribution in [2.45, 2.75) is 37.3 Å². The van der Waals surface area contributed by atoms with E-state index in [0.29, 0.717) is 24.0 Å². The van der Waals surface area contributed by atoms with Gasteiger partial charge in [0.05, 0.1) is 24.3 Å². The van der Waals surface area contributed by atoms with Crippen molar-refractivity contribution in [3.05, 3.63) is 48.4 Å². The van der Waals surface area contributed by atoms with Gasteiger partial charge in [-0.25, -0.2) is 13.1 Å². The highest BCUT2D eigenvalue weighted by Gasteiger charge is 2.24. The summed E-state index contributed by atoms with van der Waals surface area (Å²) in [5.74, 6) is 0.780. The average Bonchev–Trinajstić information content (AvgIpc) is 3.31. The molecule has 1 aliphatic carbocycles. The molecule has 1 aliphatic rings. The van der Waals surface area contributed by atoms with E-state index in [1.54, 1.807) is 31.2 Å². The van der Waals surface area contributed by atoms with E-state index >= 15 is 0 Å². The molecule has 8 heteroatoms. The number of carbonyl (C=O) groups is 1. The highest BCUT2D eigenvalue weighted by molar-refractivity contribution is 7.89. The van der Waals surface area contributed by atoms with Gasteiger partial charge >= 0.3 is 0 Å². The Morgan fingerprint density at radius 2 is 2.12 bits per heavy atom. The Morgan fingerprint density at radius 3 is 2.81 bits per heavy atom. The van der Waals surface area contributed by atoms with Crippen molar-refractivity contribution in [2.75, 3.05) is 11.9 Å². The van der Waals surface area contributed by atoms with Crippen molar-refractivity contribution in [1.82, 2.24) is 4.72 Å². The molecule has 26 heavy (non-hydrogen) atoms. The second kappa shape index (κ2) is 8.03. The molecule has 1 amide bonds. The van der Waals surface area contributed by atoms with Crippen LogP contribution < -0.4 is 10.0 Å². The lowest BCUT2D eigenvalue weighted by Crippen LogP contribution is -2.28. The molecule has 0 radical (unpaired) electrons. The van der Waals surface area contributed by atoms with Crippen LogP contribution in [-0.4, -0.2) is 27.0 Å². The predicted molar refractivity (Wildman–Crippen MR) is 95.9 cm³/mol. The van der Waals surface area contributed by atoms with Crippen LogP contribution in [0, 0.1) is 5.92 Å². The fourth-order valence-electron chi connectivity index (χ4n) is 2.29. The van der Waals surface area contributed by atoms with Crippen molar-refractivity contribution >= 4 is 21.6 Å². The van der Waals surface area contributed by atoms with E-state index in [-0.39, 0.29) is 17.3 Å². The number of ether oxygens (including phenoxy) is 1. The molecule has 0 saturated heterocycles. The minimum Gasteiger partial charge on any atom is -0.468 e. The zero-order valence-corrected chi connectivity index (χ0v) is 15.3. The molecule has 0 bridgehead atoms. The highest BCUT2D eigenvalue weighted by Crippen LogP contribution is 2.29. The van der Waals surface area contributed by atoms with Crippen LogP contribution in [0.3, 0.4) is 0 Å². The Bertz CT molecular complexity index is 844. The first-order valence-electron chi connectivity index (χ1n) is 8.48. The van der Waals surface area contributed by atoms with E-state index in [9.17, 15) is 13.2 Å². The number of nitrogens with one attached hydrogen (secondary N) is 2. The first-order valence-corrected chi connectivity index (χ1v) is 9.97. The van der Waals surface area contributed by atoms with Crippen molar-refractivity contribution < 1.29 is 22.4 Å². The molecule has 1 heterocycles. The molecule has 2 aromatic rings. The number of amides is 1. The number of anilines is 1. The third-order valence-electron chi connectivity index (χ3n) is 4.08. The van der Waals surface area contributed by atoms with Crippen LogP contribution in [-0.2, 0) is 26.1 Å². The number of benzene rings is 1. The maximum absolute atomic E-state index is 12.4. The van der Waals surface area contributed by atoms with Gasteiger partial charge in [0.1, 0.15) is 11.9 Å². The first kappa shape index (κ1) is 18.6. The lowest BCUT2D eigenvalue weighted by atomic mass is 10.3. The molecule has 140 valence electrons. The van der Waals surface area contributed by atoms with Gasteiger partial charge in [0.25, 0.3) is 5.91 Å². The molecule has 7 nitrogen and oxygen atoms in total. The Balaban J connectivity index is 1.60. The largest absolute Gasteiger partial charge is 0.468 e. The number of hydrogen-bond donors (Lipinski definition) is 2. The molecular weight excluding hydrogens is 356 g/mol. The van der Waals surface area contributed by atoms with Gasteiger partial charge in [0.15, 0.2) is 0 Å². The smallest absolute Gasteiger partial charge is 0.253 e. The summed E-state index contributed by atoms with van der Waals surface area (Å²) in [4.78, 5) is 12.2. The van der Waals surface area contributed by atoms with Gasteiger partial charge < -0.3 is 14.5 Å². The van der Waals surface area contributed by atoms with Gasteiger partial charge in [-0.15, -0.1) is 0 Å². The zero-order valence-electron chi connectivity index (χ0n) is 14.5. The summed E-state index contributed by atoms with van der Waals surface area (Å²) in [5.41, 5.74) is 0.401. The van der Waals surface area contributed by atoms with Gasteiger partial charge in [-0.1, -0.05) is 6.07 Å². The van der Waals surface area contributed by atoms with Crippen molar-refractivity contribution in [1.29, 1.82) is 0 Å².